The quantitative estimate of drug-likeness (QED) is 0.474. The Kier molecular flexibility index (Phi) is 8.12. The Bertz CT molecular complexity index is 224. The van der Waals surface area contributed by atoms with Gasteiger partial charge in [-0.2, -0.15) is 0 Å². The molecule has 0 heterocycles. The van der Waals surface area contributed by atoms with Gasteiger partial charge in [-0.15, -0.1) is 0 Å². The van der Waals surface area contributed by atoms with E-state index in [1.165, 1.54) is 7.11 Å². The molecule has 0 rings (SSSR count). The van der Waals surface area contributed by atoms with Crippen molar-refractivity contribution in [1.82, 2.24) is 10.2 Å². The molecule has 0 aliphatic heterocycles. The summed E-state index contributed by atoms with van der Waals surface area (Å²) >= 11 is 0. The van der Waals surface area contributed by atoms with Crippen LogP contribution in [0.2, 0.25) is 0 Å². The van der Waals surface area contributed by atoms with E-state index in [0.29, 0.717) is 13.2 Å². The molecule has 0 aromatic rings. The molecule has 0 aromatic carbocycles. The summed E-state index contributed by atoms with van der Waals surface area (Å²) in [5.74, 6) is -0.234. The number of hydrogen-bond donors (Lipinski definition) is 1. The van der Waals surface area contributed by atoms with Crippen LogP contribution in [0.15, 0.2) is 0 Å². The number of esters is 1. The fraction of sp³-hybridized carbons (Fsp3) is 0.917. The van der Waals surface area contributed by atoms with Gasteiger partial charge in [-0.3, -0.25) is 4.79 Å². The number of carbonyl (C=O) groups is 1. The zero-order chi connectivity index (χ0) is 13.3. The van der Waals surface area contributed by atoms with Crippen LogP contribution in [0.25, 0.3) is 0 Å². The molecule has 0 aliphatic rings. The Labute approximate surface area is 104 Å². The molecule has 0 saturated carbocycles. The molecule has 0 bridgehead atoms. The third-order valence-electron chi connectivity index (χ3n) is 2.61. The number of carbonyl (C=O) groups excluding carboxylic acids is 1. The Morgan fingerprint density at radius 1 is 1.41 bits per heavy atom. The molecular formula is C12H26N2O3. The van der Waals surface area contributed by atoms with Crippen molar-refractivity contribution < 1.29 is 14.3 Å². The zero-order valence-electron chi connectivity index (χ0n) is 11.7. The van der Waals surface area contributed by atoms with Crippen LogP contribution in [0.3, 0.4) is 0 Å². The van der Waals surface area contributed by atoms with Crippen molar-refractivity contribution in [2.24, 2.45) is 0 Å². The average molecular weight is 246 g/mol. The van der Waals surface area contributed by atoms with Gasteiger partial charge in [0.1, 0.15) is 5.54 Å². The number of rotatable bonds is 9. The van der Waals surface area contributed by atoms with Crippen molar-refractivity contribution in [3.05, 3.63) is 0 Å². The highest BCUT2D eigenvalue weighted by Gasteiger charge is 2.34. The number of likely N-dealkylation sites (N-methyl/N-ethyl adjacent to an activating group) is 2. The minimum absolute atomic E-state index is 0.234. The maximum atomic E-state index is 11.7. The van der Waals surface area contributed by atoms with Crippen molar-refractivity contribution in [1.29, 1.82) is 0 Å². The molecule has 5 nitrogen and oxygen atoms in total. The van der Waals surface area contributed by atoms with E-state index in [0.717, 1.165) is 19.7 Å². The van der Waals surface area contributed by atoms with Crippen LogP contribution in [-0.2, 0) is 14.3 Å². The SMILES string of the molecule is CCNC(C)(CN(C)CCOCC)C(=O)OC. The highest BCUT2D eigenvalue weighted by molar-refractivity contribution is 5.80. The fourth-order valence-corrected chi connectivity index (χ4v) is 1.79. The molecule has 1 N–H and O–H groups in total. The van der Waals surface area contributed by atoms with Gasteiger partial charge >= 0.3 is 5.97 Å². The third kappa shape index (κ3) is 6.00. The predicted molar refractivity (Wildman–Crippen MR) is 68.1 cm³/mol. The first kappa shape index (κ1) is 16.4. The summed E-state index contributed by atoms with van der Waals surface area (Å²) < 4.78 is 10.1. The molecule has 0 saturated heterocycles. The molecule has 102 valence electrons. The summed E-state index contributed by atoms with van der Waals surface area (Å²) in [5, 5.41) is 3.17. The van der Waals surface area contributed by atoms with Crippen molar-refractivity contribution in [3.63, 3.8) is 0 Å². The Balaban J connectivity index is 4.27. The molecule has 0 radical (unpaired) electrons. The van der Waals surface area contributed by atoms with Crippen LogP contribution in [0.5, 0.6) is 0 Å². The van der Waals surface area contributed by atoms with E-state index in [2.05, 4.69) is 10.2 Å². The lowest BCUT2D eigenvalue weighted by Crippen LogP contribution is -2.57. The van der Waals surface area contributed by atoms with Crippen molar-refractivity contribution in [2.45, 2.75) is 26.3 Å². The molecule has 17 heavy (non-hydrogen) atoms. The highest BCUT2D eigenvalue weighted by Crippen LogP contribution is 2.08. The van der Waals surface area contributed by atoms with Crippen LogP contribution < -0.4 is 5.32 Å². The topological polar surface area (TPSA) is 50.8 Å². The van der Waals surface area contributed by atoms with Gasteiger partial charge < -0.3 is 19.7 Å². The van der Waals surface area contributed by atoms with E-state index in [4.69, 9.17) is 9.47 Å². The van der Waals surface area contributed by atoms with E-state index in [1.54, 1.807) is 0 Å². The number of ether oxygens (including phenoxy) is 2. The van der Waals surface area contributed by atoms with Gasteiger partial charge in [-0.25, -0.2) is 0 Å². The molecule has 1 unspecified atom stereocenters. The lowest BCUT2D eigenvalue weighted by atomic mass is 10.0. The van der Waals surface area contributed by atoms with E-state index in [9.17, 15) is 4.79 Å². The van der Waals surface area contributed by atoms with Crippen LogP contribution in [0.1, 0.15) is 20.8 Å². The van der Waals surface area contributed by atoms with Gasteiger partial charge in [0.25, 0.3) is 0 Å². The molecule has 1 atom stereocenters. The number of hydrogen-bond acceptors (Lipinski definition) is 5. The van der Waals surface area contributed by atoms with Crippen LogP contribution in [0.4, 0.5) is 0 Å². The molecule has 0 spiro atoms. The summed E-state index contributed by atoms with van der Waals surface area (Å²) in [6.45, 7) is 9.32. The normalized spacial score (nSPS) is 14.7. The third-order valence-corrected chi connectivity index (χ3v) is 2.61. The second-order valence-corrected chi connectivity index (χ2v) is 4.29. The summed E-state index contributed by atoms with van der Waals surface area (Å²) in [6, 6.07) is 0. The first-order valence-electron chi connectivity index (χ1n) is 6.09. The standard InChI is InChI=1S/C12H26N2O3/c1-6-13-12(3,11(15)16-5)10-14(4)8-9-17-7-2/h13H,6-10H2,1-5H3. The van der Waals surface area contributed by atoms with Gasteiger partial charge in [-0.05, 0) is 27.4 Å². The minimum Gasteiger partial charge on any atom is -0.468 e. The van der Waals surface area contributed by atoms with Gasteiger partial charge in [0.2, 0.25) is 0 Å². The maximum absolute atomic E-state index is 11.7. The second kappa shape index (κ2) is 8.44. The van der Waals surface area contributed by atoms with Gasteiger partial charge in [0, 0.05) is 19.7 Å². The minimum atomic E-state index is -0.662. The molecule has 5 heteroatoms. The summed E-state index contributed by atoms with van der Waals surface area (Å²) in [7, 11) is 3.38. The van der Waals surface area contributed by atoms with E-state index >= 15 is 0 Å². The average Bonchev–Trinajstić information content (AvgIpc) is 2.28. The van der Waals surface area contributed by atoms with Gasteiger partial charge in [-0.1, -0.05) is 6.92 Å². The molecule has 0 fully saturated rings. The Morgan fingerprint density at radius 3 is 2.53 bits per heavy atom. The monoisotopic (exact) mass is 246 g/mol. The van der Waals surface area contributed by atoms with Gasteiger partial charge in [0.15, 0.2) is 0 Å². The molecule has 0 aromatic heterocycles. The van der Waals surface area contributed by atoms with Gasteiger partial charge in [0.05, 0.1) is 13.7 Å². The highest BCUT2D eigenvalue weighted by atomic mass is 16.5. The summed E-state index contributed by atoms with van der Waals surface area (Å²) in [6.07, 6.45) is 0. The first-order chi connectivity index (χ1) is 8.00. The van der Waals surface area contributed by atoms with E-state index < -0.39 is 5.54 Å². The second-order valence-electron chi connectivity index (χ2n) is 4.29. The predicted octanol–water partition coefficient (Wildman–Crippen LogP) is 0.496. The molecule has 0 aliphatic carbocycles. The van der Waals surface area contributed by atoms with Crippen LogP contribution >= 0.6 is 0 Å². The van der Waals surface area contributed by atoms with Crippen LogP contribution in [-0.4, -0.2) is 63.4 Å². The van der Waals surface area contributed by atoms with E-state index in [-0.39, 0.29) is 5.97 Å². The summed E-state index contributed by atoms with van der Waals surface area (Å²) in [5.41, 5.74) is -0.662. The van der Waals surface area contributed by atoms with Crippen molar-refractivity contribution in [3.8, 4) is 0 Å². The first-order valence-corrected chi connectivity index (χ1v) is 6.09. The molecule has 0 amide bonds. The number of nitrogens with one attached hydrogen (secondary N) is 1. The van der Waals surface area contributed by atoms with Crippen molar-refractivity contribution in [2.75, 3.05) is 47.0 Å². The zero-order valence-corrected chi connectivity index (χ0v) is 11.7. The van der Waals surface area contributed by atoms with Crippen molar-refractivity contribution >= 4 is 5.97 Å². The molecular weight excluding hydrogens is 220 g/mol. The Hall–Kier alpha value is -0.650. The maximum Gasteiger partial charge on any atom is 0.327 e. The lowest BCUT2D eigenvalue weighted by Gasteiger charge is -2.31. The summed E-state index contributed by atoms with van der Waals surface area (Å²) in [4.78, 5) is 13.8. The largest absolute Gasteiger partial charge is 0.468 e. The number of nitrogens with zero attached hydrogens (tertiary/aromatic N) is 1. The lowest BCUT2D eigenvalue weighted by molar-refractivity contribution is -0.148. The van der Waals surface area contributed by atoms with E-state index in [1.807, 2.05) is 27.8 Å². The smallest absolute Gasteiger partial charge is 0.327 e. The fourth-order valence-electron chi connectivity index (χ4n) is 1.79. The Morgan fingerprint density at radius 2 is 2.06 bits per heavy atom. The van der Waals surface area contributed by atoms with Crippen LogP contribution in [0, 0.1) is 0 Å². The number of methoxy groups -OCH3 is 1.